The first-order valence-electron chi connectivity index (χ1n) is 5.13. The number of ether oxygens (including phenoxy) is 1. The van der Waals surface area contributed by atoms with Crippen molar-refractivity contribution in [2.24, 2.45) is 5.73 Å². The van der Waals surface area contributed by atoms with Gasteiger partial charge in [0.25, 0.3) is 0 Å². The molecule has 2 aromatic heterocycles. The lowest BCUT2D eigenvalue weighted by atomic mass is 10.0. The van der Waals surface area contributed by atoms with Crippen LogP contribution in [0.5, 0.6) is 0 Å². The summed E-state index contributed by atoms with van der Waals surface area (Å²) >= 11 is 4.95. The normalized spacial score (nSPS) is 24.4. The number of hydrogen-bond donors (Lipinski definition) is 1. The number of hydrogen-bond acceptors (Lipinski definition) is 6. The molecule has 0 aromatic carbocycles. The van der Waals surface area contributed by atoms with Gasteiger partial charge in [-0.05, 0) is 28.4 Å². The van der Waals surface area contributed by atoms with E-state index in [0.29, 0.717) is 31.3 Å². The third-order valence-electron chi connectivity index (χ3n) is 2.69. The van der Waals surface area contributed by atoms with Gasteiger partial charge in [-0.3, -0.25) is 0 Å². The van der Waals surface area contributed by atoms with E-state index in [2.05, 4.69) is 26.1 Å². The second-order valence-electron chi connectivity index (χ2n) is 4.01. The fourth-order valence-electron chi connectivity index (χ4n) is 1.71. The van der Waals surface area contributed by atoms with Crippen LogP contribution in [-0.2, 0) is 10.3 Å². The van der Waals surface area contributed by atoms with Gasteiger partial charge in [-0.1, -0.05) is 5.16 Å². The summed E-state index contributed by atoms with van der Waals surface area (Å²) in [7, 11) is 0. The average Bonchev–Trinajstić information content (AvgIpc) is 2.96. The molecule has 5 nitrogen and oxygen atoms in total. The van der Waals surface area contributed by atoms with E-state index in [1.54, 1.807) is 11.3 Å². The highest BCUT2D eigenvalue weighted by Gasteiger charge is 2.38. The largest absolute Gasteiger partial charge is 0.379 e. The molecular weight excluding hydrogens is 306 g/mol. The molecule has 1 aliphatic rings. The molecule has 2 N–H and O–H groups in total. The molecule has 0 aliphatic carbocycles. The molecule has 1 fully saturated rings. The quantitative estimate of drug-likeness (QED) is 0.919. The Morgan fingerprint density at radius 2 is 2.41 bits per heavy atom. The van der Waals surface area contributed by atoms with Crippen LogP contribution in [0.15, 0.2) is 20.4 Å². The van der Waals surface area contributed by atoms with Gasteiger partial charge in [0, 0.05) is 16.5 Å². The predicted octanol–water partition coefficient (Wildman–Crippen LogP) is 2.13. The van der Waals surface area contributed by atoms with Crippen molar-refractivity contribution in [3.63, 3.8) is 0 Å². The van der Waals surface area contributed by atoms with Gasteiger partial charge >= 0.3 is 0 Å². The van der Waals surface area contributed by atoms with Crippen molar-refractivity contribution in [2.75, 3.05) is 13.2 Å². The smallest absolute Gasteiger partial charge is 0.249 e. The van der Waals surface area contributed by atoms with Gasteiger partial charge in [0.2, 0.25) is 11.7 Å². The van der Waals surface area contributed by atoms with Gasteiger partial charge in [0.15, 0.2) is 0 Å². The van der Waals surface area contributed by atoms with Crippen LogP contribution >= 0.6 is 27.3 Å². The first kappa shape index (κ1) is 11.3. The topological polar surface area (TPSA) is 74.2 Å². The van der Waals surface area contributed by atoms with Crippen molar-refractivity contribution >= 4 is 27.3 Å². The van der Waals surface area contributed by atoms with Gasteiger partial charge in [0.1, 0.15) is 5.54 Å². The molecule has 0 bridgehead atoms. The minimum Gasteiger partial charge on any atom is -0.379 e. The van der Waals surface area contributed by atoms with Crippen LogP contribution in [-0.4, -0.2) is 23.4 Å². The van der Waals surface area contributed by atoms with E-state index in [1.165, 1.54) is 0 Å². The predicted molar refractivity (Wildman–Crippen MR) is 66.6 cm³/mol. The second kappa shape index (κ2) is 4.16. The van der Waals surface area contributed by atoms with Crippen LogP contribution in [0.25, 0.3) is 10.7 Å². The lowest BCUT2D eigenvalue weighted by molar-refractivity contribution is 0.166. The number of nitrogens with two attached hydrogens (primary N) is 1. The molecule has 7 heteroatoms. The molecule has 90 valence electrons. The Hall–Kier alpha value is -0.760. The number of halogens is 1. The molecule has 0 saturated carbocycles. The van der Waals surface area contributed by atoms with E-state index >= 15 is 0 Å². The molecule has 1 saturated heterocycles. The highest BCUT2D eigenvalue weighted by Crippen LogP contribution is 2.31. The summed E-state index contributed by atoms with van der Waals surface area (Å²) in [4.78, 5) is 5.31. The van der Waals surface area contributed by atoms with E-state index in [0.717, 1.165) is 9.35 Å². The van der Waals surface area contributed by atoms with Gasteiger partial charge in [0.05, 0.1) is 11.5 Å². The van der Waals surface area contributed by atoms with Crippen molar-refractivity contribution in [2.45, 2.75) is 12.0 Å². The first-order valence-corrected chi connectivity index (χ1v) is 6.80. The zero-order valence-electron chi connectivity index (χ0n) is 8.85. The maximum atomic E-state index is 6.15. The minimum atomic E-state index is -0.625. The molecule has 2 aromatic rings. The highest BCUT2D eigenvalue weighted by atomic mass is 79.9. The molecular formula is C10H10BrN3O2S. The van der Waals surface area contributed by atoms with E-state index in [-0.39, 0.29) is 0 Å². The summed E-state index contributed by atoms with van der Waals surface area (Å²) < 4.78 is 11.5. The van der Waals surface area contributed by atoms with Crippen molar-refractivity contribution in [3.05, 3.63) is 21.8 Å². The fraction of sp³-hybridized carbons (Fsp3) is 0.400. The van der Waals surface area contributed by atoms with E-state index in [9.17, 15) is 0 Å². The maximum absolute atomic E-state index is 6.15. The monoisotopic (exact) mass is 315 g/mol. The van der Waals surface area contributed by atoms with Crippen molar-refractivity contribution in [1.82, 2.24) is 10.1 Å². The third kappa shape index (κ3) is 2.03. The fourth-order valence-corrected chi connectivity index (χ4v) is 3.06. The van der Waals surface area contributed by atoms with E-state index in [1.807, 2.05) is 11.4 Å². The van der Waals surface area contributed by atoms with Gasteiger partial charge in [-0.15, -0.1) is 11.3 Å². The highest BCUT2D eigenvalue weighted by molar-refractivity contribution is 9.10. The van der Waals surface area contributed by atoms with Crippen molar-refractivity contribution in [3.8, 4) is 10.7 Å². The Labute approximate surface area is 110 Å². The standard InChI is InChI=1S/C10H10BrN3O2S/c11-6-3-7(17-4-6)8-13-9(16-14-8)10(12)1-2-15-5-10/h3-4H,1-2,5,12H2. The van der Waals surface area contributed by atoms with Crippen LogP contribution in [0.4, 0.5) is 0 Å². The molecule has 0 amide bonds. The summed E-state index contributed by atoms with van der Waals surface area (Å²) in [6.07, 6.45) is 0.711. The number of thiophene rings is 1. The Morgan fingerprint density at radius 1 is 1.53 bits per heavy atom. The molecule has 1 unspecified atom stereocenters. The van der Waals surface area contributed by atoms with Gasteiger partial charge in [-0.2, -0.15) is 4.98 Å². The second-order valence-corrected chi connectivity index (χ2v) is 5.84. The number of aromatic nitrogens is 2. The number of rotatable bonds is 2. The summed E-state index contributed by atoms with van der Waals surface area (Å²) in [5.41, 5.74) is 5.52. The zero-order chi connectivity index (χ0) is 11.9. The molecule has 0 spiro atoms. The van der Waals surface area contributed by atoms with Crippen LogP contribution in [0.1, 0.15) is 12.3 Å². The Bertz CT molecular complexity index is 533. The van der Waals surface area contributed by atoms with E-state index < -0.39 is 5.54 Å². The molecule has 0 radical (unpaired) electrons. The lowest BCUT2D eigenvalue weighted by Gasteiger charge is -2.14. The summed E-state index contributed by atoms with van der Waals surface area (Å²) in [6, 6.07) is 1.95. The van der Waals surface area contributed by atoms with Crippen LogP contribution in [0.3, 0.4) is 0 Å². The zero-order valence-corrected chi connectivity index (χ0v) is 11.3. The minimum absolute atomic E-state index is 0.433. The van der Waals surface area contributed by atoms with Crippen LogP contribution < -0.4 is 5.73 Å². The summed E-state index contributed by atoms with van der Waals surface area (Å²) in [5, 5.41) is 5.93. The Kier molecular flexibility index (Phi) is 2.78. The summed E-state index contributed by atoms with van der Waals surface area (Å²) in [5.74, 6) is 1.03. The first-order chi connectivity index (χ1) is 8.17. The van der Waals surface area contributed by atoms with E-state index in [4.69, 9.17) is 15.0 Å². The Morgan fingerprint density at radius 3 is 3.06 bits per heavy atom. The van der Waals surface area contributed by atoms with Crippen LogP contribution in [0.2, 0.25) is 0 Å². The molecule has 1 atom stereocenters. The number of nitrogens with zero attached hydrogens (tertiary/aromatic N) is 2. The third-order valence-corrected chi connectivity index (χ3v) is 4.38. The maximum Gasteiger partial charge on any atom is 0.249 e. The summed E-state index contributed by atoms with van der Waals surface area (Å²) in [6.45, 7) is 1.07. The average molecular weight is 316 g/mol. The van der Waals surface area contributed by atoms with Gasteiger partial charge in [-0.25, -0.2) is 0 Å². The van der Waals surface area contributed by atoms with Gasteiger partial charge < -0.3 is 15.0 Å². The van der Waals surface area contributed by atoms with Crippen molar-refractivity contribution in [1.29, 1.82) is 0 Å². The van der Waals surface area contributed by atoms with Crippen molar-refractivity contribution < 1.29 is 9.26 Å². The molecule has 17 heavy (non-hydrogen) atoms. The van der Waals surface area contributed by atoms with Crippen LogP contribution in [0, 0.1) is 0 Å². The molecule has 3 heterocycles. The lowest BCUT2D eigenvalue weighted by Crippen LogP contribution is -2.37. The Balaban J connectivity index is 1.92. The SMILES string of the molecule is NC1(c2nc(-c3cc(Br)cs3)no2)CCOC1. The molecule has 1 aliphatic heterocycles. The molecule has 3 rings (SSSR count).